The van der Waals surface area contributed by atoms with Gasteiger partial charge in [0.15, 0.2) is 0 Å². The van der Waals surface area contributed by atoms with E-state index in [0.717, 1.165) is 24.3 Å². The molecule has 0 aliphatic carbocycles. The van der Waals surface area contributed by atoms with Gasteiger partial charge in [-0.15, -0.1) is 4.40 Å². The third-order valence-corrected chi connectivity index (χ3v) is 6.11. The number of nitrogens with zero attached hydrogens (tertiary/aromatic N) is 2. The van der Waals surface area contributed by atoms with Crippen molar-refractivity contribution in [2.45, 2.75) is 30.6 Å². The normalized spacial score (nSPS) is 15.5. The zero-order valence-electron chi connectivity index (χ0n) is 16.6. The molecule has 154 valence electrons. The molecule has 8 heteroatoms. The second-order valence-electron chi connectivity index (χ2n) is 6.93. The highest BCUT2D eigenvalue weighted by molar-refractivity contribution is 7.90. The summed E-state index contributed by atoms with van der Waals surface area (Å²) in [5, 5.41) is 2.79. The lowest BCUT2D eigenvalue weighted by Crippen LogP contribution is -2.20. The highest BCUT2D eigenvalue weighted by Crippen LogP contribution is 2.19. The van der Waals surface area contributed by atoms with Crippen LogP contribution in [0.4, 0.5) is 5.69 Å². The number of rotatable bonds is 7. The molecule has 0 atom stereocenters. The number of methoxy groups -OCH3 is 1. The third-order valence-electron chi connectivity index (χ3n) is 4.80. The molecular weight excluding hydrogens is 390 g/mol. The molecule has 29 heavy (non-hydrogen) atoms. The van der Waals surface area contributed by atoms with Gasteiger partial charge in [-0.25, -0.2) is 0 Å². The van der Waals surface area contributed by atoms with E-state index in [1.165, 1.54) is 12.1 Å². The molecule has 0 spiro atoms. The summed E-state index contributed by atoms with van der Waals surface area (Å²) in [6, 6.07) is 13.7. The molecule has 1 saturated heterocycles. The number of hydrogen-bond donors (Lipinski definition) is 1. The fourth-order valence-electron chi connectivity index (χ4n) is 3.08. The topological polar surface area (TPSA) is 88.1 Å². The van der Waals surface area contributed by atoms with Gasteiger partial charge in [-0.2, -0.15) is 8.42 Å². The smallest absolute Gasteiger partial charge is 0.283 e. The van der Waals surface area contributed by atoms with E-state index in [2.05, 4.69) is 9.71 Å². The van der Waals surface area contributed by atoms with Gasteiger partial charge in [-0.1, -0.05) is 12.1 Å². The molecule has 7 nitrogen and oxygen atoms in total. The Morgan fingerprint density at radius 3 is 2.41 bits per heavy atom. The van der Waals surface area contributed by atoms with Gasteiger partial charge in [0, 0.05) is 32.1 Å². The number of sulfonamides is 1. The first-order valence-electron chi connectivity index (χ1n) is 9.45. The van der Waals surface area contributed by atoms with E-state index >= 15 is 0 Å². The van der Waals surface area contributed by atoms with Crippen molar-refractivity contribution in [3.05, 3.63) is 54.1 Å². The standard InChI is InChI=1S/C21H25N3O4S/c1-24-15-3-4-20(24)23-29(26,27)19-12-8-17(9-13-19)22-21(25)14-7-16-5-10-18(28-2)11-6-16/h5-6,8-13H,3-4,7,14-15H2,1-2H3,(H,22,25)/b23-20-. The summed E-state index contributed by atoms with van der Waals surface area (Å²) in [6.07, 6.45) is 2.50. The lowest BCUT2D eigenvalue weighted by atomic mass is 10.1. The van der Waals surface area contributed by atoms with E-state index in [0.29, 0.717) is 30.8 Å². The number of anilines is 1. The number of nitrogens with one attached hydrogen (secondary N) is 1. The molecule has 3 rings (SSSR count). The Hall–Kier alpha value is -2.87. The Labute approximate surface area is 171 Å². The van der Waals surface area contributed by atoms with Gasteiger partial charge >= 0.3 is 0 Å². The first-order chi connectivity index (χ1) is 13.9. The minimum Gasteiger partial charge on any atom is -0.497 e. The molecule has 1 aliphatic heterocycles. The molecule has 1 amide bonds. The number of benzene rings is 2. The number of amidine groups is 1. The van der Waals surface area contributed by atoms with Crippen molar-refractivity contribution in [3.63, 3.8) is 0 Å². The Morgan fingerprint density at radius 1 is 1.14 bits per heavy atom. The fourth-order valence-corrected chi connectivity index (χ4v) is 4.18. The molecule has 0 aromatic heterocycles. The van der Waals surface area contributed by atoms with Crippen molar-refractivity contribution in [2.24, 2.45) is 4.40 Å². The zero-order chi connectivity index (χ0) is 20.9. The number of hydrogen-bond acceptors (Lipinski definition) is 4. The van der Waals surface area contributed by atoms with Crippen LogP contribution in [0.25, 0.3) is 0 Å². The van der Waals surface area contributed by atoms with Crippen LogP contribution in [0.3, 0.4) is 0 Å². The first-order valence-corrected chi connectivity index (χ1v) is 10.9. The molecule has 1 fully saturated rings. The number of likely N-dealkylation sites (tertiary alicyclic amines) is 1. The Balaban J connectivity index is 1.57. The van der Waals surface area contributed by atoms with E-state index in [9.17, 15) is 13.2 Å². The molecular formula is C21H25N3O4S. The highest BCUT2D eigenvalue weighted by Gasteiger charge is 2.20. The van der Waals surface area contributed by atoms with Crippen LogP contribution >= 0.6 is 0 Å². The summed E-state index contributed by atoms with van der Waals surface area (Å²) in [5.74, 6) is 1.23. The maximum Gasteiger partial charge on any atom is 0.283 e. The zero-order valence-corrected chi connectivity index (χ0v) is 17.4. The van der Waals surface area contributed by atoms with E-state index in [-0.39, 0.29) is 10.8 Å². The summed E-state index contributed by atoms with van der Waals surface area (Å²) in [5.41, 5.74) is 1.59. The van der Waals surface area contributed by atoms with E-state index in [1.807, 2.05) is 36.2 Å². The number of carbonyl (C=O) groups is 1. The van der Waals surface area contributed by atoms with Crippen molar-refractivity contribution in [1.29, 1.82) is 0 Å². The molecule has 0 saturated carbocycles. The molecule has 0 unspecified atom stereocenters. The summed E-state index contributed by atoms with van der Waals surface area (Å²) in [6.45, 7) is 0.815. The number of carbonyl (C=O) groups excluding carboxylic acids is 1. The van der Waals surface area contributed by atoms with Crippen LogP contribution in [-0.2, 0) is 21.2 Å². The van der Waals surface area contributed by atoms with Crippen LogP contribution in [0.5, 0.6) is 5.75 Å². The Kier molecular flexibility index (Phi) is 6.53. The average molecular weight is 416 g/mol. The molecule has 2 aromatic rings. The second kappa shape index (κ2) is 9.09. The van der Waals surface area contributed by atoms with Gasteiger partial charge in [0.25, 0.3) is 10.0 Å². The average Bonchev–Trinajstić information content (AvgIpc) is 3.11. The number of amides is 1. The fraction of sp³-hybridized carbons (Fsp3) is 0.333. The predicted octanol–water partition coefficient (Wildman–Crippen LogP) is 3.08. The minimum absolute atomic E-state index is 0.113. The lowest BCUT2D eigenvalue weighted by molar-refractivity contribution is -0.116. The molecule has 0 radical (unpaired) electrons. The van der Waals surface area contributed by atoms with Crippen LogP contribution in [-0.4, -0.2) is 45.8 Å². The van der Waals surface area contributed by atoms with E-state index in [1.54, 1.807) is 19.2 Å². The SMILES string of the molecule is COc1ccc(CCC(=O)Nc2ccc(S(=O)(=O)/N=C3/CCCN3C)cc2)cc1. The van der Waals surface area contributed by atoms with Crippen LogP contribution in [0.2, 0.25) is 0 Å². The highest BCUT2D eigenvalue weighted by atomic mass is 32.2. The van der Waals surface area contributed by atoms with Crippen molar-refractivity contribution in [3.8, 4) is 5.75 Å². The van der Waals surface area contributed by atoms with Gasteiger partial charge in [0.2, 0.25) is 5.91 Å². The van der Waals surface area contributed by atoms with Crippen molar-refractivity contribution in [2.75, 3.05) is 26.0 Å². The lowest BCUT2D eigenvalue weighted by Gasteiger charge is -2.11. The van der Waals surface area contributed by atoms with Crippen LogP contribution < -0.4 is 10.1 Å². The third kappa shape index (κ3) is 5.57. The summed E-state index contributed by atoms with van der Waals surface area (Å²) in [4.78, 5) is 14.1. The van der Waals surface area contributed by atoms with Gasteiger partial charge in [0.05, 0.1) is 12.0 Å². The Morgan fingerprint density at radius 2 is 1.83 bits per heavy atom. The van der Waals surface area contributed by atoms with Crippen LogP contribution in [0.15, 0.2) is 57.8 Å². The van der Waals surface area contributed by atoms with Gasteiger partial charge < -0.3 is 15.0 Å². The summed E-state index contributed by atoms with van der Waals surface area (Å²) in [7, 11) is -0.301. The molecule has 1 N–H and O–H groups in total. The van der Waals surface area contributed by atoms with Crippen molar-refractivity contribution >= 4 is 27.5 Å². The molecule has 1 aliphatic rings. The predicted molar refractivity (Wildman–Crippen MR) is 113 cm³/mol. The van der Waals surface area contributed by atoms with Gasteiger partial charge in [-0.3, -0.25) is 4.79 Å². The minimum atomic E-state index is -3.75. The first kappa shape index (κ1) is 20.9. The van der Waals surface area contributed by atoms with E-state index in [4.69, 9.17) is 4.74 Å². The monoisotopic (exact) mass is 415 g/mol. The maximum atomic E-state index is 12.5. The van der Waals surface area contributed by atoms with Gasteiger partial charge in [-0.05, 0) is 54.8 Å². The maximum absolute atomic E-state index is 12.5. The number of aryl methyl sites for hydroxylation is 1. The summed E-state index contributed by atoms with van der Waals surface area (Å²) < 4.78 is 34.0. The quantitative estimate of drug-likeness (QED) is 0.751. The number of ether oxygens (including phenoxy) is 1. The molecule has 1 heterocycles. The van der Waals surface area contributed by atoms with Gasteiger partial charge in [0.1, 0.15) is 11.6 Å². The summed E-state index contributed by atoms with van der Waals surface area (Å²) >= 11 is 0. The van der Waals surface area contributed by atoms with E-state index < -0.39 is 10.0 Å². The molecule has 0 bridgehead atoms. The van der Waals surface area contributed by atoms with Crippen molar-refractivity contribution < 1.29 is 17.9 Å². The second-order valence-corrected chi connectivity index (χ2v) is 8.53. The van der Waals surface area contributed by atoms with Crippen LogP contribution in [0.1, 0.15) is 24.8 Å². The largest absolute Gasteiger partial charge is 0.497 e. The van der Waals surface area contributed by atoms with Crippen LogP contribution in [0, 0.1) is 0 Å². The Bertz CT molecular complexity index is 984. The van der Waals surface area contributed by atoms with Crippen molar-refractivity contribution in [1.82, 2.24) is 4.90 Å². The molecule has 2 aromatic carbocycles.